The van der Waals surface area contributed by atoms with Gasteiger partial charge in [-0.3, -0.25) is 0 Å². The first-order valence-electron chi connectivity index (χ1n) is 6.33. The van der Waals surface area contributed by atoms with Crippen LogP contribution in [0.3, 0.4) is 0 Å². The quantitative estimate of drug-likeness (QED) is 0.707. The number of halogens is 3. The van der Waals surface area contributed by atoms with Gasteiger partial charge in [-0.25, -0.2) is 0 Å². The van der Waals surface area contributed by atoms with Crippen LogP contribution < -0.4 is 0 Å². The molecule has 2 aromatic rings. The Kier molecular flexibility index (Phi) is 3.48. The first kappa shape index (κ1) is 15.1. The number of alkyl halides is 3. The van der Waals surface area contributed by atoms with Crippen molar-refractivity contribution in [3.63, 3.8) is 0 Å². The van der Waals surface area contributed by atoms with E-state index in [1.165, 1.54) is 6.07 Å². The summed E-state index contributed by atoms with van der Waals surface area (Å²) >= 11 is 5.26. The average Bonchev–Trinajstić information content (AvgIpc) is 2.60. The van der Waals surface area contributed by atoms with E-state index in [1.54, 1.807) is 0 Å². The summed E-state index contributed by atoms with van der Waals surface area (Å²) in [6.07, 6.45) is -4.35. The van der Waals surface area contributed by atoms with Gasteiger partial charge in [-0.15, -0.1) is 0 Å². The van der Waals surface area contributed by atoms with Gasteiger partial charge < -0.3 is 9.55 Å². The van der Waals surface area contributed by atoms with Crippen LogP contribution in [0.15, 0.2) is 18.2 Å². The van der Waals surface area contributed by atoms with E-state index in [9.17, 15) is 13.2 Å². The van der Waals surface area contributed by atoms with Crippen molar-refractivity contribution in [2.24, 2.45) is 5.41 Å². The molecule has 6 heteroatoms. The third-order valence-electron chi connectivity index (χ3n) is 3.68. The SMILES string of the molecule is CC(n1c(=S)[nH]c2cc(C(F)(F)F)ccc21)C(C)(C)C. The Morgan fingerprint density at radius 2 is 1.80 bits per heavy atom. The van der Waals surface area contributed by atoms with Gasteiger partial charge in [0.05, 0.1) is 16.6 Å². The second-order valence-corrected chi connectivity index (χ2v) is 6.46. The number of aromatic nitrogens is 2. The first-order chi connectivity index (χ1) is 9.01. The minimum Gasteiger partial charge on any atom is -0.331 e. The Balaban J connectivity index is 2.65. The van der Waals surface area contributed by atoms with Crippen LogP contribution in [0.25, 0.3) is 11.0 Å². The van der Waals surface area contributed by atoms with Gasteiger partial charge in [-0.05, 0) is 42.8 Å². The van der Waals surface area contributed by atoms with Gasteiger partial charge in [0.15, 0.2) is 4.77 Å². The Morgan fingerprint density at radius 3 is 2.30 bits per heavy atom. The fourth-order valence-electron chi connectivity index (χ4n) is 2.08. The number of nitrogens with zero attached hydrogens (tertiary/aromatic N) is 1. The first-order valence-corrected chi connectivity index (χ1v) is 6.74. The third kappa shape index (κ3) is 2.61. The molecule has 0 aliphatic rings. The lowest BCUT2D eigenvalue weighted by Gasteiger charge is -2.29. The maximum absolute atomic E-state index is 12.7. The number of fused-ring (bicyclic) bond motifs is 1. The molecular weight excluding hydrogens is 285 g/mol. The zero-order valence-electron chi connectivity index (χ0n) is 11.8. The van der Waals surface area contributed by atoms with Gasteiger partial charge in [0.2, 0.25) is 0 Å². The van der Waals surface area contributed by atoms with Crippen LogP contribution in [0, 0.1) is 10.2 Å². The highest BCUT2D eigenvalue weighted by Crippen LogP contribution is 2.35. The lowest BCUT2D eigenvalue weighted by atomic mass is 9.88. The molecule has 0 amide bonds. The predicted molar refractivity (Wildman–Crippen MR) is 76.3 cm³/mol. The highest BCUT2D eigenvalue weighted by atomic mass is 32.1. The molecule has 1 N–H and O–H groups in total. The number of imidazole rings is 1. The zero-order chi connectivity index (χ0) is 15.3. The van der Waals surface area contributed by atoms with E-state index in [4.69, 9.17) is 12.2 Å². The highest BCUT2D eigenvalue weighted by Gasteiger charge is 2.31. The highest BCUT2D eigenvalue weighted by molar-refractivity contribution is 7.71. The molecule has 20 heavy (non-hydrogen) atoms. The van der Waals surface area contributed by atoms with Crippen molar-refractivity contribution in [1.29, 1.82) is 0 Å². The van der Waals surface area contributed by atoms with Gasteiger partial charge in [0.1, 0.15) is 0 Å². The molecule has 0 saturated carbocycles. The van der Waals surface area contributed by atoms with Gasteiger partial charge in [-0.2, -0.15) is 13.2 Å². The number of aromatic amines is 1. The number of H-pyrrole nitrogens is 1. The van der Waals surface area contributed by atoms with Gasteiger partial charge >= 0.3 is 6.18 Å². The van der Waals surface area contributed by atoms with Gasteiger partial charge in [0.25, 0.3) is 0 Å². The molecule has 1 heterocycles. The molecule has 0 aliphatic carbocycles. The summed E-state index contributed by atoms with van der Waals surface area (Å²) in [5.74, 6) is 0. The molecule has 0 spiro atoms. The molecule has 0 radical (unpaired) electrons. The van der Waals surface area contributed by atoms with Crippen molar-refractivity contribution < 1.29 is 13.2 Å². The van der Waals surface area contributed by atoms with Crippen molar-refractivity contribution in [3.05, 3.63) is 28.5 Å². The Morgan fingerprint density at radius 1 is 1.20 bits per heavy atom. The topological polar surface area (TPSA) is 20.7 Å². The van der Waals surface area contributed by atoms with E-state index in [1.807, 2.05) is 11.5 Å². The maximum Gasteiger partial charge on any atom is 0.416 e. The van der Waals surface area contributed by atoms with Crippen molar-refractivity contribution in [3.8, 4) is 0 Å². The normalized spacial score (nSPS) is 14.8. The van der Waals surface area contributed by atoms with Crippen LogP contribution in [0.1, 0.15) is 39.3 Å². The van der Waals surface area contributed by atoms with Crippen LogP contribution in [0.2, 0.25) is 0 Å². The average molecular weight is 302 g/mol. The number of hydrogen-bond donors (Lipinski definition) is 1. The largest absolute Gasteiger partial charge is 0.416 e. The maximum atomic E-state index is 12.7. The van der Waals surface area contributed by atoms with E-state index in [-0.39, 0.29) is 11.5 Å². The fraction of sp³-hybridized carbons (Fsp3) is 0.500. The van der Waals surface area contributed by atoms with Crippen LogP contribution in [0.5, 0.6) is 0 Å². The molecule has 110 valence electrons. The molecule has 0 fully saturated rings. The standard InChI is InChI=1S/C14H17F3N2S/c1-8(13(2,3)4)19-11-6-5-9(14(15,16)17)7-10(11)18-12(19)20/h5-8H,1-4H3,(H,18,20). The minimum atomic E-state index is -4.35. The Hall–Kier alpha value is -1.30. The molecule has 2 nitrogen and oxygen atoms in total. The molecule has 2 rings (SSSR count). The van der Waals surface area contributed by atoms with Crippen molar-refractivity contribution in [2.45, 2.75) is 39.9 Å². The second-order valence-electron chi connectivity index (χ2n) is 6.07. The van der Waals surface area contributed by atoms with Crippen LogP contribution in [0.4, 0.5) is 13.2 Å². The number of rotatable bonds is 1. The summed E-state index contributed by atoms with van der Waals surface area (Å²) in [5.41, 5.74) is 0.402. The molecule has 0 aliphatic heterocycles. The third-order valence-corrected chi connectivity index (χ3v) is 3.98. The molecule has 0 bridgehead atoms. The monoisotopic (exact) mass is 302 g/mol. The van der Waals surface area contributed by atoms with E-state index in [0.29, 0.717) is 15.8 Å². The number of nitrogens with one attached hydrogen (secondary N) is 1. The molecule has 1 aromatic carbocycles. The summed E-state index contributed by atoms with van der Waals surface area (Å²) in [4.78, 5) is 2.87. The predicted octanol–water partition coefficient (Wildman–Crippen LogP) is 5.32. The van der Waals surface area contributed by atoms with Crippen LogP contribution >= 0.6 is 12.2 Å². The lowest BCUT2D eigenvalue weighted by molar-refractivity contribution is -0.137. The van der Waals surface area contributed by atoms with Crippen molar-refractivity contribution in [1.82, 2.24) is 9.55 Å². The second kappa shape index (κ2) is 4.62. The van der Waals surface area contributed by atoms with Crippen molar-refractivity contribution >= 4 is 23.3 Å². The van der Waals surface area contributed by atoms with E-state index < -0.39 is 11.7 Å². The number of benzene rings is 1. The fourth-order valence-corrected chi connectivity index (χ4v) is 2.45. The van der Waals surface area contributed by atoms with E-state index in [0.717, 1.165) is 12.1 Å². The summed E-state index contributed by atoms with van der Waals surface area (Å²) in [6.45, 7) is 8.23. The Labute approximate surface area is 120 Å². The lowest BCUT2D eigenvalue weighted by Crippen LogP contribution is -2.21. The van der Waals surface area contributed by atoms with Gasteiger partial charge in [-0.1, -0.05) is 20.8 Å². The van der Waals surface area contributed by atoms with Crippen LogP contribution in [-0.4, -0.2) is 9.55 Å². The van der Waals surface area contributed by atoms with E-state index in [2.05, 4.69) is 25.8 Å². The van der Waals surface area contributed by atoms with Crippen LogP contribution in [-0.2, 0) is 6.18 Å². The summed E-state index contributed by atoms with van der Waals surface area (Å²) in [7, 11) is 0. The molecule has 1 aromatic heterocycles. The minimum absolute atomic E-state index is 0.0456. The van der Waals surface area contributed by atoms with Gasteiger partial charge in [0, 0.05) is 6.04 Å². The molecule has 0 saturated heterocycles. The number of hydrogen-bond acceptors (Lipinski definition) is 1. The summed E-state index contributed by atoms with van der Waals surface area (Å²) < 4.78 is 40.5. The molecule has 1 atom stereocenters. The smallest absolute Gasteiger partial charge is 0.331 e. The Bertz CT molecular complexity index is 689. The molecular formula is C14H17F3N2S. The molecule has 1 unspecified atom stereocenters. The summed E-state index contributed by atoms with van der Waals surface area (Å²) in [6, 6.07) is 3.75. The van der Waals surface area contributed by atoms with E-state index >= 15 is 0 Å². The van der Waals surface area contributed by atoms with Crippen molar-refractivity contribution in [2.75, 3.05) is 0 Å². The zero-order valence-corrected chi connectivity index (χ0v) is 12.6. The summed E-state index contributed by atoms with van der Waals surface area (Å²) in [5, 5.41) is 0.